The normalized spacial score (nSPS) is 24.3. The molecule has 3 fully saturated rings. The van der Waals surface area contributed by atoms with E-state index in [1.54, 1.807) is 54.6 Å². The Labute approximate surface area is 413 Å². The van der Waals surface area contributed by atoms with Crippen molar-refractivity contribution < 1.29 is 39.2 Å². The van der Waals surface area contributed by atoms with Crippen LogP contribution in [0.15, 0.2) is 164 Å². The number of fused-ring (bicyclic) bond motifs is 3. The van der Waals surface area contributed by atoms with E-state index >= 15 is 19.2 Å². The zero-order valence-electron chi connectivity index (χ0n) is 39.4. The van der Waals surface area contributed by atoms with Crippen LogP contribution in [0, 0.1) is 17.8 Å². The summed E-state index contributed by atoms with van der Waals surface area (Å²) in [6.07, 6.45) is 2.53. The summed E-state index contributed by atoms with van der Waals surface area (Å²) in [6.45, 7) is 1.54. The molecule has 10 rings (SSSR count). The van der Waals surface area contributed by atoms with E-state index in [-0.39, 0.29) is 23.5 Å². The predicted octanol–water partition coefficient (Wildman–Crippen LogP) is 8.82. The van der Waals surface area contributed by atoms with E-state index in [2.05, 4.69) is 22.5 Å². The summed E-state index contributed by atoms with van der Waals surface area (Å²) in [7, 11) is 0. The molecule has 4 amide bonds. The number of hydrogen-bond donors (Lipinski definition) is 5. The van der Waals surface area contributed by atoms with Gasteiger partial charge in [0.1, 0.15) is 28.9 Å². The highest BCUT2D eigenvalue weighted by molar-refractivity contribution is 6.24. The van der Waals surface area contributed by atoms with Crippen molar-refractivity contribution >= 4 is 29.5 Å². The number of nitrogens with one attached hydrogen (secondary N) is 2. The number of phenols is 1. The molecule has 6 aromatic carbocycles. The number of aliphatic hydroxyl groups is 2. The number of benzene rings is 6. The number of carbonyl (C=O) groups excluding carboxylic acids is 4. The van der Waals surface area contributed by atoms with E-state index in [4.69, 9.17) is 4.74 Å². The van der Waals surface area contributed by atoms with Gasteiger partial charge in [-0.3, -0.25) is 19.3 Å². The van der Waals surface area contributed by atoms with Crippen LogP contribution >= 0.6 is 0 Å². The lowest BCUT2D eigenvalue weighted by molar-refractivity contribution is -0.178. The molecule has 3 aliphatic heterocycles. The van der Waals surface area contributed by atoms with E-state index in [1.165, 1.54) is 12.1 Å². The monoisotopic (exact) mass is 948 g/mol. The van der Waals surface area contributed by atoms with Crippen molar-refractivity contribution in [1.82, 2.24) is 15.5 Å². The number of anilines is 1. The van der Waals surface area contributed by atoms with Gasteiger partial charge in [0.2, 0.25) is 11.8 Å². The summed E-state index contributed by atoms with van der Waals surface area (Å²) < 4.78 is 6.58. The number of ether oxygens (including phenoxy) is 1. The molecule has 0 radical (unpaired) electrons. The number of cyclic esters (lactones) is 1. The van der Waals surface area contributed by atoms with Crippen molar-refractivity contribution in [2.24, 2.45) is 5.92 Å². The summed E-state index contributed by atoms with van der Waals surface area (Å²) in [4.78, 5) is 66.0. The lowest BCUT2D eigenvalue weighted by Gasteiger charge is -2.46. The first-order chi connectivity index (χ1) is 34.5. The molecule has 12 nitrogen and oxygen atoms in total. The van der Waals surface area contributed by atoms with Crippen molar-refractivity contribution in [2.45, 2.75) is 92.8 Å². The fraction of sp³-hybridized carbons (Fsp3) is 0.288. The molecule has 0 aromatic heterocycles. The number of hydrogen-bond acceptors (Lipinski definition) is 9. The van der Waals surface area contributed by atoms with E-state index in [0.29, 0.717) is 35.1 Å². The maximum Gasteiger partial charge on any atom is 0.329 e. The van der Waals surface area contributed by atoms with Crippen molar-refractivity contribution in [3.8, 4) is 17.6 Å². The van der Waals surface area contributed by atoms with Crippen LogP contribution in [0.3, 0.4) is 0 Å². The zero-order chi connectivity index (χ0) is 49.3. The number of morpholine rings is 1. The minimum Gasteiger partial charge on any atom is -0.508 e. The Hall–Kier alpha value is -7.56. The molecule has 5 N–H and O–H groups in total. The molecule has 1 aliphatic carbocycles. The molecular weight excluding hydrogens is 893 g/mol. The summed E-state index contributed by atoms with van der Waals surface area (Å²) in [6, 6.07) is 43.6. The predicted molar refractivity (Wildman–Crippen MR) is 267 cm³/mol. The molecule has 6 aromatic rings. The third-order valence-electron chi connectivity index (χ3n) is 14.8. The Balaban J connectivity index is 1.23. The summed E-state index contributed by atoms with van der Waals surface area (Å²) in [5.74, 6) is 2.46. The fourth-order valence-corrected chi connectivity index (χ4v) is 11.4. The van der Waals surface area contributed by atoms with Gasteiger partial charge in [0, 0.05) is 12.1 Å². The van der Waals surface area contributed by atoms with Gasteiger partial charge < -0.3 is 30.7 Å². The zero-order valence-corrected chi connectivity index (χ0v) is 39.4. The largest absolute Gasteiger partial charge is 0.508 e. The number of imide groups is 1. The summed E-state index contributed by atoms with van der Waals surface area (Å²) >= 11 is 0. The number of rotatable bonds is 9. The Morgan fingerprint density at radius 1 is 0.732 bits per heavy atom. The van der Waals surface area contributed by atoms with Crippen LogP contribution in [0.25, 0.3) is 0 Å². The molecule has 71 heavy (non-hydrogen) atoms. The van der Waals surface area contributed by atoms with Crippen LogP contribution in [-0.4, -0.2) is 62.2 Å². The van der Waals surface area contributed by atoms with Gasteiger partial charge in [-0.1, -0.05) is 158 Å². The van der Waals surface area contributed by atoms with Gasteiger partial charge in [-0.2, -0.15) is 0 Å². The number of esters is 1. The number of aliphatic hydroxyl groups excluding tert-OH is 1. The third-order valence-corrected chi connectivity index (χ3v) is 14.8. The quantitative estimate of drug-likeness (QED) is 0.0541. The Kier molecular flexibility index (Phi) is 13.1. The second kappa shape index (κ2) is 19.7. The fourth-order valence-electron chi connectivity index (χ4n) is 11.4. The first kappa shape index (κ1) is 47.1. The van der Waals surface area contributed by atoms with Crippen molar-refractivity contribution in [1.29, 1.82) is 0 Å². The standard InChI is InChI=1S/C59H56N4O8/c1-38(40-18-8-4-9-19-40)61-57(69)62-47-31-26-39(32-35-58(70)33-16-2-3-17-34-58)36-46(47)59(56(62)68)49(54(66)60-37-48(65)41-20-10-5-11-21-41)51-55(67)71-52(43-24-14-7-15-25-43)50(42-22-12-6-13-23-42)63(51)53(59)44-27-29-45(64)30-28-44/h4-15,18-31,36,38,48-53,64-65,70H,2-3,16-17,33-34,37H2,1H3,(H,60,66)(H,61,69)/t38-,48+,49-,50-,51-,52+,53+,59-/m1/s1. The van der Waals surface area contributed by atoms with Crippen molar-refractivity contribution in [2.75, 3.05) is 11.4 Å². The van der Waals surface area contributed by atoms with Gasteiger partial charge in [-0.25, -0.2) is 9.69 Å². The molecule has 1 saturated carbocycles. The molecule has 0 bridgehead atoms. The van der Waals surface area contributed by atoms with Gasteiger partial charge in [0.25, 0.3) is 0 Å². The second-order valence-electron chi connectivity index (χ2n) is 19.2. The minimum absolute atomic E-state index is 0.0515. The van der Waals surface area contributed by atoms with Crippen LogP contribution in [0.5, 0.6) is 5.75 Å². The van der Waals surface area contributed by atoms with E-state index in [9.17, 15) is 15.3 Å². The smallest absolute Gasteiger partial charge is 0.329 e. The van der Waals surface area contributed by atoms with Gasteiger partial charge in [-0.05, 0) is 96.3 Å². The highest BCUT2D eigenvalue weighted by Gasteiger charge is 2.75. The molecule has 12 heteroatoms. The number of amides is 4. The summed E-state index contributed by atoms with van der Waals surface area (Å²) in [5.41, 5.74) is 0.731. The molecule has 0 unspecified atom stereocenters. The average molecular weight is 949 g/mol. The van der Waals surface area contributed by atoms with Crippen LogP contribution < -0.4 is 15.5 Å². The van der Waals surface area contributed by atoms with Gasteiger partial charge in [0.05, 0.1) is 35.8 Å². The molecule has 2 saturated heterocycles. The second-order valence-corrected chi connectivity index (χ2v) is 19.2. The lowest BCUT2D eigenvalue weighted by Crippen LogP contribution is -2.56. The number of carbonyl (C=O) groups is 4. The Bertz CT molecular complexity index is 2970. The van der Waals surface area contributed by atoms with Crippen LogP contribution in [-0.2, 0) is 24.5 Å². The first-order valence-electron chi connectivity index (χ1n) is 24.5. The first-order valence-corrected chi connectivity index (χ1v) is 24.5. The third kappa shape index (κ3) is 8.75. The van der Waals surface area contributed by atoms with Crippen molar-refractivity contribution in [3.63, 3.8) is 0 Å². The molecular formula is C59H56N4O8. The van der Waals surface area contributed by atoms with E-state index in [0.717, 1.165) is 41.7 Å². The van der Waals surface area contributed by atoms with Crippen LogP contribution in [0.1, 0.15) is 115 Å². The van der Waals surface area contributed by atoms with E-state index in [1.807, 2.05) is 109 Å². The lowest BCUT2D eigenvalue weighted by atomic mass is 9.65. The molecule has 8 atom stereocenters. The van der Waals surface area contributed by atoms with Crippen LogP contribution in [0.2, 0.25) is 0 Å². The number of nitrogens with zero attached hydrogens (tertiary/aromatic N) is 2. The van der Waals surface area contributed by atoms with Gasteiger partial charge >= 0.3 is 12.0 Å². The maximum atomic E-state index is 16.7. The molecule has 4 aliphatic rings. The Morgan fingerprint density at radius 2 is 1.32 bits per heavy atom. The maximum absolute atomic E-state index is 16.7. The SMILES string of the molecule is C[C@@H](NC(=O)N1C(=O)[C@@]2(c3cc(C#CC4(O)CCCCCC4)ccc31)[C@H](c1ccc(O)cc1)N1[C@H](c3ccccc3)[C@H](c3ccccc3)OC(=O)[C@H]1[C@@H]2C(=O)NC[C@H](O)c1ccccc1)c1ccccc1. The van der Waals surface area contributed by atoms with Crippen molar-refractivity contribution in [3.05, 3.63) is 203 Å². The number of phenolic OH excluding ortho intramolecular Hbond substituents is 1. The molecule has 3 heterocycles. The summed E-state index contributed by atoms with van der Waals surface area (Å²) in [5, 5.41) is 40.1. The van der Waals surface area contributed by atoms with E-state index < -0.39 is 77.1 Å². The average Bonchev–Trinajstić information content (AvgIpc) is 3.74. The molecule has 1 spiro atoms. The molecule has 360 valence electrons. The minimum atomic E-state index is -2.10. The highest BCUT2D eigenvalue weighted by Crippen LogP contribution is 2.66. The van der Waals surface area contributed by atoms with Gasteiger partial charge in [-0.15, -0.1) is 0 Å². The topological polar surface area (TPSA) is 169 Å². The highest BCUT2D eigenvalue weighted by atomic mass is 16.6. The Morgan fingerprint density at radius 3 is 1.96 bits per heavy atom. The van der Waals surface area contributed by atoms with Crippen LogP contribution in [0.4, 0.5) is 10.5 Å². The number of aromatic hydroxyl groups is 1. The van der Waals surface area contributed by atoms with Gasteiger partial charge in [0.15, 0.2) is 0 Å². The number of urea groups is 1.